The fraction of sp³-hybridized carbons (Fsp3) is 0.296. The Hall–Kier alpha value is -4.12. The summed E-state index contributed by atoms with van der Waals surface area (Å²) in [6, 6.07) is 14.5. The van der Waals surface area contributed by atoms with Crippen molar-refractivity contribution < 1.29 is 23.8 Å². The molecule has 1 saturated heterocycles. The van der Waals surface area contributed by atoms with E-state index in [0.717, 1.165) is 43.0 Å². The molecule has 196 valence electrons. The Morgan fingerprint density at radius 2 is 1.61 bits per heavy atom. The van der Waals surface area contributed by atoms with E-state index >= 15 is 0 Å². The SMILES string of the molecule is COc1ccc(OCCOc2ccc(C=C3C(=N)N4N=C(CC(=O)N5CCCC5)SC4=NC3=O)cc2)cc1. The van der Waals surface area contributed by atoms with E-state index in [1.54, 1.807) is 37.5 Å². The average molecular weight is 534 g/mol. The topological polar surface area (TPSA) is 117 Å². The molecule has 0 bridgehead atoms. The van der Waals surface area contributed by atoms with Gasteiger partial charge in [0.15, 0.2) is 5.84 Å². The van der Waals surface area contributed by atoms with Gasteiger partial charge in [-0.15, -0.1) is 0 Å². The van der Waals surface area contributed by atoms with Gasteiger partial charge in [-0.05, 0) is 72.6 Å². The molecule has 11 heteroatoms. The summed E-state index contributed by atoms with van der Waals surface area (Å²) in [6.07, 6.45) is 3.79. The Morgan fingerprint density at radius 3 is 2.24 bits per heavy atom. The first-order valence-electron chi connectivity index (χ1n) is 12.3. The molecular formula is C27H27N5O5S. The highest BCUT2D eigenvalue weighted by molar-refractivity contribution is 8.27. The van der Waals surface area contributed by atoms with Crippen LogP contribution < -0.4 is 14.2 Å². The van der Waals surface area contributed by atoms with E-state index in [0.29, 0.717) is 29.2 Å². The summed E-state index contributed by atoms with van der Waals surface area (Å²) >= 11 is 1.17. The summed E-state index contributed by atoms with van der Waals surface area (Å²) in [4.78, 5) is 31.1. The monoisotopic (exact) mass is 533 g/mol. The first-order chi connectivity index (χ1) is 18.5. The number of carbonyl (C=O) groups excluding carboxylic acids is 2. The minimum absolute atomic E-state index is 0.0115. The second-order valence-electron chi connectivity index (χ2n) is 8.72. The summed E-state index contributed by atoms with van der Waals surface area (Å²) in [7, 11) is 1.62. The Balaban J connectivity index is 1.16. The van der Waals surface area contributed by atoms with Crippen LogP contribution in [0.25, 0.3) is 6.08 Å². The predicted octanol–water partition coefficient (Wildman–Crippen LogP) is 3.78. The van der Waals surface area contributed by atoms with Crippen LogP contribution in [0.15, 0.2) is 64.2 Å². The fourth-order valence-corrected chi connectivity index (χ4v) is 5.00. The molecule has 0 unspecified atom stereocenters. The zero-order valence-corrected chi connectivity index (χ0v) is 21.7. The third-order valence-corrected chi connectivity index (χ3v) is 7.04. The Morgan fingerprint density at radius 1 is 1.00 bits per heavy atom. The smallest absolute Gasteiger partial charge is 0.283 e. The number of rotatable bonds is 9. The van der Waals surface area contributed by atoms with E-state index in [1.165, 1.54) is 16.8 Å². The number of amidine groups is 2. The lowest BCUT2D eigenvalue weighted by Gasteiger charge is -2.20. The van der Waals surface area contributed by atoms with Crippen LogP contribution in [0.5, 0.6) is 17.2 Å². The number of aliphatic imine (C=N–C) groups is 1. The van der Waals surface area contributed by atoms with Crippen molar-refractivity contribution in [1.29, 1.82) is 5.41 Å². The van der Waals surface area contributed by atoms with Gasteiger partial charge in [0, 0.05) is 13.1 Å². The van der Waals surface area contributed by atoms with Crippen LogP contribution in [-0.2, 0) is 9.59 Å². The lowest BCUT2D eigenvalue weighted by Crippen LogP contribution is -2.35. The minimum Gasteiger partial charge on any atom is -0.497 e. The van der Waals surface area contributed by atoms with E-state index in [4.69, 9.17) is 19.6 Å². The number of likely N-dealkylation sites (tertiary alicyclic amines) is 1. The van der Waals surface area contributed by atoms with Gasteiger partial charge in [-0.3, -0.25) is 15.0 Å². The van der Waals surface area contributed by atoms with Crippen molar-refractivity contribution in [2.24, 2.45) is 10.1 Å². The van der Waals surface area contributed by atoms with Crippen LogP contribution in [0, 0.1) is 5.41 Å². The molecule has 5 rings (SSSR count). The third kappa shape index (κ3) is 5.88. The van der Waals surface area contributed by atoms with Crippen molar-refractivity contribution in [3.05, 3.63) is 59.7 Å². The van der Waals surface area contributed by atoms with E-state index in [1.807, 2.05) is 29.2 Å². The van der Waals surface area contributed by atoms with E-state index in [-0.39, 0.29) is 23.7 Å². The number of nitrogens with zero attached hydrogens (tertiary/aromatic N) is 4. The second-order valence-corrected chi connectivity index (χ2v) is 9.76. The number of carbonyl (C=O) groups is 2. The molecule has 1 fully saturated rings. The van der Waals surface area contributed by atoms with E-state index in [9.17, 15) is 9.59 Å². The maximum atomic E-state index is 12.7. The number of methoxy groups -OCH3 is 1. The van der Waals surface area contributed by atoms with E-state index in [2.05, 4.69) is 10.1 Å². The predicted molar refractivity (Wildman–Crippen MR) is 146 cm³/mol. The molecule has 0 saturated carbocycles. The van der Waals surface area contributed by atoms with Crippen molar-refractivity contribution in [1.82, 2.24) is 9.91 Å². The Labute approximate surface area is 224 Å². The van der Waals surface area contributed by atoms with Crippen LogP contribution in [-0.4, -0.2) is 71.2 Å². The molecule has 2 aromatic rings. The van der Waals surface area contributed by atoms with Gasteiger partial charge >= 0.3 is 0 Å². The molecule has 0 radical (unpaired) electrons. The van der Waals surface area contributed by atoms with Gasteiger partial charge in [0.1, 0.15) is 35.5 Å². The number of ether oxygens (including phenoxy) is 3. The minimum atomic E-state index is -0.507. The molecule has 0 spiro atoms. The van der Waals surface area contributed by atoms with Gasteiger partial charge in [0.2, 0.25) is 11.1 Å². The van der Waals surface area contributed by atoms with E-state index < -0.39 is 5.91 Å². The summed E-state index contributed by atoms with van der Waals surface area (Å²) in [5.74, 6) is 1.59. The van der Waals surface area contributed by atoms with Gasteiger partial charge in [0.25, 0.3) is 5.91 Å². The largest absolute Gasteiger partial charge is 0.497 e. The molecule has 3 aliphatic heterocycles. The van der Waals surface area contributed by atoms with Crippen LogP contribution in [0.3, 0.4) is 0 Å². The fourth-order valence-electron chi connectivity index (χ4n) is 4.13. The normalized spacial score (nSPS) is 17.9. The van der Waals surface area contributed by atoms with Crippen LogP contribution in [0.4, 0.5) is 0 Å². The lowest BCUT2D eigenvalue weighted by atomic mass is 10.1. The van der Waals surface area contributed by atoms with Crippen molar-refractivity contribution in [3.63, 3.8) is 0 Å². The summed E-state index contributed by atoms with van der Waals surface area (Å²) in [5.41, 5.74) is 0.852. The third-order valence-electron chi connectivity index (χ3n) is 6.13. The van der Waals surface area contributed by atoms with Crippen molar-refractivity contribution >= 4 is 45.7 Å². The van der Waals surface area contributed by atoms with Crippen molar-refractivity contribution in [3.8, 4) is 17.2 Å². The molecule has 2 aromatic carbocycles. The molecule has 1 N–H and O–H groups in total. The Bertz CT molecular complexity index is 1310. The van der Waals surface area contributed by atoms with Crippen LogP contribution in [0.1, 0.15) is 24.8 Å². The molecule has 3 heterocycles. The van der Waals surface area contributed by atoms with Gasteiger partial charge < -0.3 is 19.1 Å². The highest BCUT2D eigenvalue weighted by Crippen LogP contribution is 2.30. The van der Waals surface area contributed by atoms with Crippen molar-refractivity contribution in [2.75, 3.05) is 33.4 Å². The zero-order valence-electron chi connectivity index (χ0n) is 20.9. The van der Waals surface area contributed by atoms with Gasteiger partial charge in [0.05, 0.1) is 19.1 Å². The highest BCUT2D eigenvalue weighted by atomic mass is 32.2. The molecule has 0 aromatic heterocycles. The molecule has 3 aliphatic rings. The van der Waals surface area contributed by atoms with Crippen LogP contribution in [0.2, 0.25) is 0 Å². The summed E-state index contributed by atoms with van der Waals surface area (Å²) < 4.78 is 16.5. The number of hydrogen-bond donors (Lipinski definition) is 1. The average Bonchev–Trinajstić information content (AvgIpc) is 3.61. The second kappa shape index (κ2) is 11.5. The quantitative estimate of drug-likeness (QED) is 0.385. The summed E-state index contributed by atoms with van der Waals surface area (Å²) in [5, 5.41) is 15.1. The number of amides is 2. The molecule has 10 nitrogen and oxygen atoms in total. The number of hydrazone groups is 1. The first-order valence-corrected chi connectivity index (χ1v) is 13.1. The molecule has 0 atom stereocenters. The highest BCUT2D eigenvalue weighted by Gasteiger charge is 2.36. The number of thioether (sulfide) groups is 1. The maximum absolute atomic E-state index is 12.7. The molecular weight excluding hydrogens is 506 g/mol. The number of benzene rings is 2. The van der Waals surface area contributed by atoms with Gasteiger partial charge in [-0.25, -0.2) is 0 Å². The Kier molecular flexibility index (Phi) is 7.73. The van der Waals surface area contributed by atoms with Crippen LogP contribution >= 0.6 is 11.8 Å². The molecule has 0 aliphatic carbocycles. The standard InChI is InChI=1S/C27H27N5O5S/c1-35-19-8-10-21(11-9-19)37-15-14-36-20-6-4-18(5-7-20)16-22-25(28)32-27(29-26(22)34)38-23(30-32)17-24(33)31-12-2-3-13-31/h4-11,16,28H,2-3,12-15,17H2,1H3. The first kappa shape index (κ1) is 25.5. The zero-order chi connectivity index (χ0) is 26.5. The molecule has 38 heavy (non-hydrogen) atoms. The van der Waals surface area contributed by atoms with Gasteiger partial charge in [-0.1, -0.05) is 12.1 Å². The maximum Gasteiger partial charge on any atom is 0.283 e. The summed E-state index contributed by atoms with van der Waals surface area (Å²) in [6.45, 7) is 2.28. The molecule has 2 amide bonds. The number of fused-ring (bicyclic) bond motifs is 1. The number of hydrogen-bond acceptors (Lipinski definition) is 8. The number of nitrogens with one attached hydrogen (secondary N) is 1. The van der Waals surface area contributed by atoms with Crippen molar-refractivity contribution in [2.45, 2.75) is 19.3 Å². The van der Waals surface area contributed by atoms with Gasteiger partial charge in [-0.2, -0.15) is 15.1 Å². The lowest BCUT2D eigenvalue weighted by molar-refractivity contribution is -0.128.